The number of nitrogens with one attached hydrogen (secondary N) is 2. The molecule has 7 heteroatoms. The zero-order valence-corrected chi connectivity index (χ0v) is 19.7. The average Bonchev–Trinajstić information content (AvgIpc) is 3.46. The second kappa shape index (κ2) is 10.1. The van der Waals surface area contributed by atoms with Gasteiger partial charge in [0, 0.05) is 23.9 Å². The van der Waals surface area contributed by atoms with Crippen LogP contribution in [-0.4, -0.2) is 41.8 Å². The minimum Gasteiger partial charge on any atom is -0.481 e. The van der Waals surface area contributed by atoms with Crippen LogP contribution in [0.15, 0.2) is 48.5 Å². The van der Waals surface area contributed by atoms with Crippen molar-refractivity contribution in [1.82, 2.24) is 10.6 Å². The van der Waals surface area contributed by atoms with Gasteiger partial charge < -0.3 is 20.5 Å². The summed E-state index contributed by atoms with van der Waals surface area (Å²) in [5, 5.41) is 15.2. The standard InChI is InChI=1S/C28H32N2O5/c31-26(29-20-13-12-18(15-20)27(32)33)17-6-5-7-19(14-17)30-28(34)35-16-25-23-10-3-1-8-21(23)22-9-2-4-11-24(22)25/h1-4,8-11,17-20,25H,5-7,12-16H2,(H,29,31)(H,30,34)(H,32,33)/t17-,18-,19+,20+/m1/s1. The Bertz CT molecular complexity index is 1070. The van der Waals surface area contributed by atoms with E-state index in [1.807, 2.05) is 24.3 Å². The van der Waals surface area contributed by atoms with E-state index in [9.17, 15) is 19.5 Å². The van der Waals surface area contributed by atoms with Crippen molar-refractivity contribution >= 4 is 18.0 Å². The molecule has 0 heterocycles. The van der Waals surface area contributed by atoms with Crippen molar-refractivity contribution in [2.75, 3.05) is 6.61 Å². The number of carboxylic acid groups (broad SMARTS) is 1. The van der Waals surface area contributed by atoms with Crippen molar-refractivity contribution in [3.05, 3.63) is 59.7 Å². The summed E-state index contributed by atoms with van der Waals surface area (Å²) in [4.78, 5) is 36.6. The predicted molar refractivity (Wildman–Crippen MR) is 131 cm³/mol. The molecule has 0 aromatic heterocycles. The minimum atomic E-state index is -0.785. The first-order valence-corrected chi connectivity index (χ1v) is 12.6. The molecule has 5 rings (SSSR count). The average molecular weight is 477 g/mol. The fourth-order valence-corrected chi connectivity index (χ4v) is 6.02. The summed E-state index contributed by atoms with van der Waals surface area (Å²) in [6.07, 6.45) is 4.39. The van der Waals surface area contributed by atoms with Crippen molar-refractivity contribution in [3.63, 3.8) is 0 Å². The van der Waals surface area contributed by atoms with Gasteiger partial charge in [-0.3, -0.25) is 9.59 Å². The van der Waals surface area contributed by atoms with Gasteiger partial charge in [-0.15, -0.1) is 0 Å². The molecule has 0 unspecified atom stereocenters. The third kappa shape index (κ3) is 5.04. The molecule has 2 aromatic rings. The molecule has 0 radical (unpaired) electrons. The largest absolute Gasteiger partial charge is 0.481 e. The van der Waals surface area contributed by atoms with Crippen molar-refractivity contribution in [2.24, 2.45) is 11.8 Å². The van der Waals surface area contributed by atoms with E-state index >= 15 is 0 Å². The topological polar surface area (TPSA) is 105 Å². The van der Waals surface area contributed by atoms with E-state index in [0.29, 0.717) is 25.7 Å². The van der Waals surface area contributed by atoms with Crippen molar-refractivity contribution in [2.45, 2.75) is 62.9 Å². The van der Waals surface area contributed by atoms with Gasteiger partial charge in [-0.25, -0.2) is 4.79 Å². The van der Waals surface area contributed by atoms with E-state index in [4.69, 9.17) is 4.74 Å². The van der Waals surface area contributed by atoms with Gasteiger partial charge in [0.15, 0.2) is 0 Å². The Labute approximate surface area is 205 Å². The molecule has 0 spiro atoms. The van der Waals surface area contributed by atoms with E-state index in [2.05, 4.69) is 34.9 Å². The van der Waals surface area contributed by atoms with Gasteiger partial charge in [0.05, 0.1) is 5.92 Å². The number of alkyl carbamates (subject to hydrolysis) is 1. The fourth-order valence-electron chi connectivity index (χ4n) is 6.02. The van der Waals surface area contributed by atoms with Crippen LogP contribution in [0.25, 0.3) is 11.1 Å². The lowest BCUT2D eigenvalue weighted by molar-refractivity contribution is -0.141. The Morgan fingerprint density at radius 2 is 1.43 bits per heavy atom. The molecule has 4 atom stereocenters. The molecule has 2 fully saturated rings. The molecule has 3 aliphatic carbocycles. The van der Waals surface area contributed by atoms with E-state index in [-0.39, 0.29) is 42.4 Å². The van der Waals surface area contributed by atoms with Crippen LogP contribution in [0.1, 0.15) is 62.0 Å². The molecular weight excluding hydrogens is 444 g/mol. The van der Waals surface area contributed by atoms with Gasteiger partial charge in [0.1, 0.15) is 6.61 Å². The number of hydrogen-bond donors (Lipinski definition) is 3. The van der Waals surface area contributed by atoms with Crippen LogP contribution in [-0.2, 0) is 14.3 Å². The molecular formula is C28H32N2O5. The summed E-state index contributed by atoms with van der Waals surface area (Å²) >= 11 is 0. The van der Waals surface area contributed by atoms with Crippen LogP contribution in [0, 0.1) is 11.8 Å². The molecule has 184 valence electrons. The molecule has 0 bridgehead atoms. The maximum Gasteiger partial charge on any atom is 0.407 e. The number of fused-ring (bicyclic) bond motifs is 3. The first-order valence-electron chi connectivity index (χ1n) is 12.6. The summed E-state index contributed by atoms with van der Waals surface area (Å²) in [5.74, 6) is -1.34. The Hall–Kier alpha value is -3.35. The summed E-state index contributed by atoms with van der Waals surface area (Å²) in [7, 11) is 0. The van der Waals surface area contributed by atoms with Gasteiger partial charge in [-0.2, -0.15) is 0 Å². The first-order chi connectivity index (χ1) is 17.0. The van der Waals surface area contributed by atoms with Crippen molar-refractivity contribution in [1.29, 1.82) is 0 Å². The fraction of sp³-hybridized carbons (Fsp3) is 0.464. The SMILES string of the molecule is O=C(N[C@H]1CCC[C@@H](C(=O)N[C@H]2CC[C@@H](C(=O)O)C2)C1)OCC1c2ccccc2-c2ccccc21. The molecule has 2 saturated carbocycles. The van der Waals surface area contributed by atoms with Crippen LogP contribution in [0.5, 0.6) is 0 Å². The van der Waals surface area contributed by atoms with Crippen LogP contribution in [0.4, 0.5) is 4.79 Å². The molecule has 2 amide bonds. The number of amides is 2. The molecule has 3 N–H and O–H groups in total. The monoisotopic (exact) mass is 476 g/mol. The van der Waals surface area contributed by atoms with E-state index < -0.39 is 12.1 Å². The molecule has 3 aliphatic rings. The quantitative estimate of drug-likeness (QED) is 0.571. The third-order valence-electron chi connectivity index (χ3n) is 7.84. The van der Waals surface area contributed by atoms with E-state index in [1.54, 1.807) is 0 Å². The second-order valence-electron chi connectivity index (χ2n) is 10.1. The summed E-state index contributed by atoms with van der Waals surface area (Å²) < 4.78 is 5.67. The summed E-state index contributed by atoms with van der Waals surface area (Å²) in [5.41, 5.74) is 4.73. The summed E-state index contributed by atoms with van der Waals surface area (Å²) in [6.45, 7) is 0.267. The highest BCUT2D eigenvalue weighted by molar-refractivity contribution is 5.80. The number of carboxylic acids is 1. The normalized spacial score (nSPS) is 25.4. The zero-order chi connectivity index (χ0) is 24.4. The number of ether oxygens (including phenoxy) is 1. The van der Waals surface area contributed by atoms with Crippen molar-refractivity contribution < 1.29 is 24.2 Å². The number of rotatable bonds is 6. The van der Waals surface area contributed by atoms with E-state index in [0.717, 1.165) is 19.3 Å². The van der Waals surface area contributed by atoms with Crippen LogP contribution < -0.4 is 10.6 Å². The van der Waals surface area contributed by atoms with Gasteiger partial charge in [-0.05, 0) is 60.8 Å². The Kier molecular flexibility index (Phi) is 6.75. The molecule has 0 aliphatic heterocycles. The Balaban J connectivity index is 1.13. The lowest BCUT2D eigenvalue weighted by Gasteiger charge is -2.29. The number of aliphatic carboxylic acids is 1. The Morgan fingerprint density at radius 3 is 2.09 bits per heavy atom. The third-order valence-corrected chi connectivity index (χ3v) is 7.84. The van der Waals surface area contributed by atoms with Crippen LogP contribution in [0.2, 0.25) is 0 Å². The highest BCUT2D eigenvalue weighted by atomic mass is 16.5. The highest BCUT2D eigenvalue weighted by Gasteiger charge is 2.34. The van der Waals surface area contributed by atoms with Crippen molar-refractivity contribution in [3.8, 4) is 11.1 Å². The molecule has 2 aromatic carbocycles. The van der Waals surface area contributed by atoms with Crippen LogP contribution >= 0.6 is 0 Å². The van der Waals surface area contributed by atoms with Crippen LogP contribution in [0.3, 0.4) is 0 Å². The van der Waals surface area contributed by atoms with Gasteiger partial charge >= 0.3 is 12.1 Å². The molecule has 35 heavy (non-hydrogen) atoms. The second-order valence-corrected chi connectivity index (χ2v) is 10.1. The summed E-state index contributed by atoms with van der Waals surface area (Å²) in [6, 6.07) is 16.3. The molecule has 7 nitrogen and oxygen atoms in total. The Morgan fingerprint density at radius 1 is 0.800 bits per heavy atom. The van der Waals surface area contributed by atoms with Gasteiger partial charge in [0.25, 0.3) is 0 Å². The highest BCUT2D eigenvalue weighted by Crippen LogP contribution is 2.44. The maximum atomic E-state index is 12.8. The first kappa shape index (κ1) is 23.4. The predicted octanol–water partition coefficient (Wildman–Crippen LogP) is 4.45. The number of benzene rings is 2. The number of carbonyl (C=O) groups is 3. The number of carbonyl (C=O) groups excluding carboxylic acids is 2. The smallest absolute Gasteiger partial charge is 0.407 e. The van der Waals surface area contributed by atoms with E-state index in [1.165, 1.54) is 22.3 Å². The molecule has 0 saturated heterocycles. The van der Waals surface area contributed by atoms with Gasteiger partial charge in [0.2, 0.25) is 5.91 Å². The lowest BCUT2D eigenvalue weighted by atomic mass is 9.85. The minimum absolute atomic E-state index is 0.0130. The number of hydrogen-bond acceptors (Lipinski definition) is 4. The van der Waals surface area contributed by atoms with Gasteiger partial charge in [-0.1, -0.05) is 55.0 Å². The zero-order valence-electron chi connectivity index (χ0n) is 19.7. The lowest BCUT2D eigenvalue weighted by Crippen LogP contribution is -2.44. The maximum absolute atomic E-state index is 12.8.